The van der Waals surface area contributed by atoms with E-state index < -0.39 is 0 Å². The molecule has 2 N–H and O–H groups in total. The van der Waals surface area contributed by atoms with Crippen LogP contribution in [0.5, 0.6) is 0 Å². The molecule has 2 aliphatic rings. The van der Waals surface area contributed by atoms with Crippen molar-refractivity contribution in [3.63, 3.8) is 0 Å². The predicted molar refractivity (Wildman–Crippen MR) is 110 cm³/mol. The van der Waals surface area contributed by atoms with Gasteiger partial charge in [0.05, 0.1) is 24.8 Å². The first-order valence-corrected chi connectivity index (χ1v) is 9.71. The molecule has 0 saturated carbocycles. The Bertz CT molecular complexity index is 811. The number of aliphatic imine (C=N–C) groups is 1. The molecule has 0 unspecified atom stereocenters. The summed E-state index contributed by atoms with van der Waals surface area (Å²) in [6.45, 7) is 2.29. The SMILES string of the molecule is CN1N=C(CSC2=NCN(Cc3cccnc3)CN2)N(c2ccccc2)N1. The third-order valence-electron chi connectivity index (χ3n) is 4.12. The Kier molecular flexibility index (Phi) is 5.52. The zero-order chi connectivity index (χ0) is 18.5. The Morgan fingerprint density at radius 3 is 2.78 bits per heavy atom. The largest absolute Gasteiger partial charge is 0.352 e. The van der Waals surface area contributed by atoms with Gasteiger partial charge in [0.1, 0.15) is 0 Å². The molecular weight excluding hydrogens is 360 g/mol. The number of benzene rings is 1. The van der Waals surface area contributed by atoms with E-state index in [2.05, 4.69) is 49.0 Å². The van der Waals surface area contributed by atoms with E-state index in [1.165, 1.54) is 5.56 Å². The van der Waals surface area contributed by atoms with Gasteiger partial charge in [-0.15, -0.1) is 10.6 Å². The molecule has 0 fully saturated rings. The van der Waals surface area contributed by atoms with Crippen molar-refractivity contribution in [1.82, 2.24) is 25.9 Å². The first kappa shape index (κ1) is 17.8. The third kappa shape index (κ3) is 4.57. The molecule has 1 aromatic carbocycles. The molecule has 0 atom stereocenters. The van der Waals surface area contributed by atoms with Gasteiger partial charge in [-0.3, -0.25) is 9.88 Å². The number of hydrazone groups is 1. The highest BCUT2D eigenvalue weighted by Gasteiger charge is 2.23. The molecule has 4 rings (SSSR count). The summed E-state index contributed by atoms with van der Waals surface area (Å²) in [5, 5.41) is 12.6. The maximum Gasteiger partial charge on any atom is 0.159 e. The highest BCUT2D eigenvalue weighted by atomic mass is 32.2. The van der Waals surface area contributed by atoms with Gasteiger partial charge in [-0.1, -0.05) is 36.0 Å². The number of hydrogen-bond donors (Lipinski definition) is 2. The minimum atomic E-state index is 0.678. The van der Waals surface area contributed by atoms with Crippen molar-refractivity contribution in [3.05, 3.63) is 60.4 Å². The predicted octanol–water partition coefficient (Wildman–Crippen LogP) is 1.68. The number of hydrogen-bond acceptors (Lipinski definition) is 9. The number of nitrogens with zero attached hydrogens (tertiary/aromatic N) is 6. The Morgan fingerprint density at radius 2 is 2.04 bits per heavy atom. The topological polar surface area (TPSA) is 71.4 Å². The molecule has 27 heavy (non-hydrogen) atoms. The molecule has 3 heterocycles. The van der Waals surface area contributed by atoms with Crippen LogP contribution in [-0.2, 0) is 6.54 Å². The average molecular weight is 382 g/mol. The van der Waals surface area contributed by atoms with E-state index in [0.29, 0.717) is 6.67 Å². The van der Waals surface area contributed by atoms with Crippen molar-refractivity contribution in [2.75, 3.05) is 31.1 Å². The Labute approximate surface area is 162 Å². The lowest BCUT2D eigenvalue weighted by atomic mass is 10.3. The monoisotopic (exact) mass is 382 g/mol. The molecular formula is C18H22N8S. The lowest BCUT2D eigenvalue weighted by Gasteiger charge is -2.26. The summed E-state index contributed by atoms with van der Waals surface area (Å²) in [5.41, 5.74) is 5.47. The van der Waals surface area contributed by atoms with Gasteiger partial charge in [0.15, 0.2) is 11.0 Å². The first-order valence-electron chi connectivity index (χ1n) is 8.73. The number of thioether (sulfide) groups is 1. The van der Waals surface area contributed by atoms with Crippen molar-refractivity contribution in [1.29, 1.82) is 0 Å². The van der Waals surface area contributed by atoms with Crippen LogP contribution in [0.25, 0.3) is 0 Å². The van der Waals surface area contributed by atoms with Crippen LogP contribution >= 0.6 is 11.8 Å². The molecule has 9 heteroatoms. The highest BCUT2D eigenvalue weighted by molar-refractivity contribution is 8.14. The van der Waals surface area contributed by atoms with Crippen LogP contribution in [0.3, 0.4) is 0 Å². The fourth-order valence-electron chi connectivity index (χ4n) is 2.85. The van der Waals surface area contributed by atoms with Crippen molar-refractivity contribution in [3.8, 4) is 0 Å². The summed E-state index contributed by atoms with van der Waals surface area (Å²) in [6.07, 6.45) is 3.69. The fraction of sp³-hybridized carbons (Fsp3) is 0.278. The lowest BCUT2D eigenvalue weighted by Crippen LogP contribution is -2.44. The number of anilines is 1. The van der Waals surface area contributed by atoms with Crippen molar-refractivity contribution < 1.29 is 0 Å². The van der Waals surface area contributed by atoms with Gasteiger partial charge in [0, 0.05) is 26.0 Å². The van der Waals surface area contributed by atoms with Crippen LogP contribution in [0.15, 0.2) is 65.0 Å². The number of para-hydroxylation sites is 1. The van der Waals surface area contributed by atoms with Gasteiger partial charge >= 0.3 is 0 Å². The van der Waals surface area contributed by atoms with Crippen LogP contribution < -0.4 is 15.9 Å². The minimum Gasteiger partial charge on any atom is -0.352 e. The number of pyridine rings is 1. The van der Waals surface area contributed by atoms with Crippen LogP contribution in [-0.4, -0.2) is 52.1 Å². The van der Waals surface area contributed by atoms with Crippen LogP contribution in [0.1, 0.15) is 5.56 Å². The second-order valence-electron chi connectivity index (χ2n) is 6.23. The number of amidine groups is 2. The molecule has 140 valence electrons. The third-order valence-corrected chi connectivity index (χ3v) is 5.07. The van der Waals surface area contributed by atoms with Gasteiger partial charge in [0.25, 0.3) is 0 Å². The van der Waals surface area contributed by atoms with Crippen molar-refractivity contribution >= 4 is 28.5 Å². The van der Waals surface area contributed by atoms with E-state index in [4.69, 9.17) is 0 Å². The molecule has 0 amide bonds. The second kappa shape index (κ2) is 8.38. The smallest absolute Gasteiger partial charge is 0.159 e. The molecule has 8 nitrogen and oxygen atoms in total. The Balaban J connectivity index is 1.31. The number of nitrogens with one attached hydrogen (secondary N) is 2. The zero-order valence-corrected chi connectivity index (χ0v) is 15.9. The van der Waals surface area contributed by atoms with E-state index in [-0.39, 0.29) is 0 Å². The van der Waals surface area contributed by atoms with E-state index >= 15 is 0 Å². The first-order chi connectivity index (χ1) is 13.3. The lowest BCUT2D eigenvalue weighted by molar-refractivity contribution is 0.258. The number of aromatic nitrogens is 1. The summed E-state index contributed by atoms with van der Waals surface area (Å²) >= 11 is 1.66. The van der Waals surface area contributed by atoms with Crippen LogP contribution in [0, 0.1) is 0 Å². The van der Waals surface area contributed by atoms with Gasteiger partial charge in [-0.2, -0.15) is 0 Å². The summed E-state index contributed by atoms with van der Waals surface area (Å²) in [5.74, 6) is 1.66. The van der Waals surface area contributed by atoms with E-state index in [9.17, 15) is 0 Å². The summed E-state index contributed by atoms with van der Waals surface area (Å²) < 4.78 is 0. The molecule has 2 aliphatic heterocycles. The molecule has 0 aliphatic carbocycles. The quantitative estimate of drug-likeness (QED) is 0.815. The van der Waals surface area contributed by atoms with Crippen LogP contribution in [0.4, 0.5) is 5.69 Å². The Hall–Kier alpha value is -2.62. The molecule has 0 radical (unpaired) electrons. The molecule has 2 aromatic rings. The Morgan fingerprint density at radius 1 is 1.15 bits per heavy atom. The van der Waals surface area contributed by atoms with E-state index in [1.807, 2.05) is 42.5 Å². The number of hydrazine groups is 2. The molecule has 0 bridgehead atoms. The molecule has 0 spiro atoms. The zero-order valence-electron chi connectivity index (χ0n) is 15.1. The van der Waals surface area contributed by atoms with Gasteiger partial charge < -0.3 is 5.32 Å². The summed E-state index contributed by atoms with van der Waals surface area (Å²) in [6, 6.07) is 14.2. The second-order valence-corrected chi connectivity index (χ2v) is 7.19. The normalized spacial score (nSPS) is 17.5. The van der Waals surface area contributed by atoms with Crippen molar-refractivity contribution in [2.45, 2.75) is 6.54 Å². The minimum absolute atomic E-state index is 0.678. The summed E-state index contributed by atoms with van der Waals surface area (Å²) in [7, 11) is 1.89. The van der Waals surface area contributed by atoms with Crippen molar-refractivity contribution in [2.24, 2.45) is 10.1 Å². The van der Waals surface area contributed by atoms with E-state index in [0.717, 1.165) is 35.7 Å². The maximum atomic E-state index is 4.65. The average Bonchev–Trinajstić information content (AvgIpc) is 3.09. The van der Waals surface area contributed by atoms with Gasteiger partial charge in [0.2, 0.25) is 0 Å². The summed E-state index contributed by atoms with van der Waals surface area (Å²) in [4.78, 5) is 11.0. The fourth-order valence-corrected chi connectivity index (χ4v) is 3.62. The van der Waals surface area contributed by atoms with E-state index in [1.54, 1.807) is 23.1 Å². The highest BCUT2D eigenvalue weighted by Crippen LogP contribution is 2.18. The van der Waals surface area contributed by atoms with Gasteiger partial charge in [-0.05, 0) is 23.8 Å². The standard InChI is InChI=1S/C18H22N8S/c1-24-22-17(26(23-24)16-7-3-2-4-8-16)12-27-18-20-13-25(14-21-18)11-15-6-5-9-19-10-15/h2-10,23H,11-14H2,1H3,(H,20,21). The molecule has 1 aromatic heterocycles. The van der Waals surface area contributed by atoms with Crippen LogP contribution in [0.2, 0.25) is 0 Å². The van der Waals surface area contributed by atoms with Gasteiger partial charge in [-0.25, -0.2) is 15.1 Å². The maximum absolute atomic E-state index is 4.65. The molecule has 0 saturated heterocycles. The number of rotatable bonds is 5.